The Balaban J connectivity index is 1.10. The van der Waals surface area contributed by atoms with Crippen LogP contribution in [-0.2, 0) is 20.9 Å². The van der Waals surface area contributed by atoms with Crippen molar-refractivity contribution in [3.63, 3.8) is 0 Å². The molecule has 0 spiro atoms. The Morgan fingerprint density at radius 1 is 0.846 bits per heavy atom. The Bertz CT molecular complexity index is 1170. The van der Waals surface area contributed by atoms with Gasteiger partial charge in [0.25, 0.3) is 0 Å². The molecule has 1 saturated heterocycles. The van der Waals surface area contributed by atoms with E-state index < -0.39 is 0 Å². The van der Waals surface area contributed by atoms with Crippen molar-refractivity contribution in [1.29, 1.82) is 0 Å². The molecule has 5 N–H and O–H groups in total. The summed E-state index contributed by atoms with van der Waals surface area (Å²) in [6, 6.07) is 16.8. The zero-order chi connectivity index (χ0) is 27.5. The summed E-state index contributed by atoms with van der Waals surface area (Å²) in [5, 5.41) is 10.2. The number of benzene rings is 2. The molecule has 2 aliphatic rings. The van der Waals surface area contributed by atoms with Crippen molar-refractivity contribution in [2.75, 3.05) is 26.2 Å². The molecule has 0 atom stereocenters. The number of phenols is 1. The number of nitrogens with two attached hydrogens (primary N) is 1. The number of hydrazine groups is 1. The first-order chi connectivity index (χ1) is 19.0. The molecule has 0 aliphatic carbocycles. The maximum Gasteiger partial charge on any atom is 0.306 e. The maximum atomic E-state index is 12.7. The standard InChI is InChI=1S/C30H39N5O4/c31-30-26(21-25(32-33-30)24-13-9-10-14-27(24)36)34-17-19-35(20-18-34)28(37)15-7-2-1-3-8-16-29(38)39-22-23-11-5-4-6-12-23/h4-6,9-14,21,32-33,36H,1-3,7-8,15-20,22,31H2. The van der Waals surface area contributed by atoms with Gasteiger partial charge in [-0.3, -0.25) is 20.4 Å². The lowest BCUT2D eigenvalue weighted by atomic mass is 10.1. The Morgan fingerprint density at radius 3 is 2.26 bits per heavy atom. The highest BCUT2D eigenvalue weighted by Gasteiger charge is 2.25. The molecule has 2 aromatic carbocycles. The van der Waals surface area contributed by atoms with Crippen LogP contribution in [0.15, 0.2) is 72.2 Å². The van der Waals surface area contributed by atoms with Crippen LogP contribution in [0.2, 0.25) is 0 Å². The Labute approximate surface area is 230 Å². The van der Waals surface area contributed by atoms with E-state index in [9.17, 15) is 14.7 Å². The topological polar surface area (TPSA) is 120 Å². The van der Waals surface area contributed by atoms with E-state index in [1.54, 1.807) is 12.1 Å². The second kappa shape index (κ2) is 14.1. The predicted molar refractivity (Wildman–Crippen MR) is 150 cm³/mol. The van der Waals surface area contributed by atoms with E-state index in [0.29, 0.717) is 57.0 Å². The van der Waals surface area contributed by atoms with E-state index in [2.05, 4.69) is 15.8 Å². The van der Waals surface area contributed by atoms with E-state index in [-0.39, 0.29) is 17.6 Å². The minimum absolute atomic E-state index is 0.157. The lowest BCUT2D eigenvalue weighted by Crippen LogP contribution is -2.50. The van der Waals surface area contributed by atoms with Crippen LogP contribution in [0.4, 0.5) is 0 Å². The van der Waals surface area contributed by atoms with Gasteiger partial charge in [0.2, 0.25) is 5.91 Å². The Hall–Kier alpha value is -4.14. The number of ether oxygens (including phenoxy) is 1. The number of esters is 1. The largest absolute Gasteiger partial charge is 0.507 e. The third-order valence-corrected chi connectivity index (χ3v) is 7.07. The van der Waals surface area contributed by atoms with Crippen LogP contribution in [0.3, 0.4) is 0 Å². The maximum absolute atomic E-state index is 12.7. The van der Waals surface area contributed by atoms with Crippen LogP contribution in [0, 0.1) is 0 Å². The summed E-state index contributed by atoms with van der Waals surface area (Å²) < 4.78 is 5.31. The molecule has 0 aromatic heterocycles. The fourth-order valence-corrected chi connectivity index (χ4v) is 4.80. The van der Waals surface area contributed by atoms with Gasteiger partial charge < -0.3 is 25.4 Å². The van der Waals surface area contributed by atoms with Crippen molar-refractivity contribution in [2.24, 2.45) is 5.73 Å². The van der Waals surface area contributed by atoms with Crippen molar-refractivity contribution in [3.05, 3.63) is 83.3 Å². The molecule has 9 nitrogen and oxygen atoms in total. The number of nitrogens with one attached hydrogen (secondary N) is 2. The highest BCUT2D eigenvalue weighted by molar-refractivity contribution is 5.76. The molecule has 9 heteroatoms. The van der Waals surface area contributed by atoms with Crippen molar-refractivity contribution in [2.45, 2.75) is 51.6 Å². The summed E-state index contributed by atoms with van der Waals surface area (Å²) in [5.74, 6) is 0.735. The van der Waals surface area contributed by atoms with E-state index >= 15 is 0 Å². The average molecular weight is 534 g/mol. The summed E-state index contributed by atoms with van der Waals surface area (Å²) in [5.41, 5.74) is 15.5. The number of para-hydroxylation sites is 1. The summed E-state index contributed by atoms with van der Waals surface area (Å²) in [6.07, 6.45) is 7.54. The quantitative estimate of drug-likeness (QED) is 0.241. The van der Waals surface area contributed by atoms with Gasteiger partial charge in [-0.15, -0.1) is 0 Å². The number of carbonyl (C=O) groups is 2. The van der Waals surface area contributed by atoms with Gasteiger partial charge in [0, 0.05) is 44.6 Å². The summed E-state index contributed by atoms with van der Waals surface area (Å²) in [4.78, 5) is 28.7. The number of hydrogen-bond donors (Lipinski definition) is 4. The number of carbonyl (C=O) groups excluding carboxylic acids is 2. The molecule has 39 heavy (non-hydrogen) atoms. The number of allylic oxidation sites excluding steroid dienone is 1. The van der Waals surface area contributed by atoms with Crippen molar-refractivity contribution in [3.8, 4) is 5.75 Å². The van der Waals surface area contributed by atoms with Gasteiger partial charge in [0.1, 0.15) is 18.2 Å². The first kappa shape index (κ1) is 27.9. The molecule has 2 aromatic rings. The van der Waals surface area contributed by atoms with Gasteiger partial charge >= 0.3 is 5.97 Å². The molecule has 0 saturated carbocycles. The highest BCUT2D eigenvalue weighted by atomic mass is 16.5. The van der Waals surface area contributed by atoms with Gasteiger partial charge in [0.05, 0.1) is 11.4 Å². The van der Waals surface area contributed by atoms with Crippen molar-refractivity contribution >= 4 is 17.6 Å². The molecule has 0 bridgehead atoms. The van der Waals surface area contributed by atoms with Crippen LogP contribution in [-0.4, -0.2) is 53.0 Å². The number of phenolic OH excluding ortho intramolecular Hbond substituents is 1. The molecule has 0 radical (unpaired) electrons. The molecule has 4 rings (SSSR count). The molecule has 2 aliphatic heterocycles. The predicted octanol–water partition coefficient (Wildman–Crippen LogP) is 3.59. The van der Waals surface area contributed by atoms with Gasteiger partial charge in [-0.05, 0) is 36.6 Å². The number of rotatable bonds is 12. The SMILES string of the molecule is NC1=C(N2CCN(C(=O)CCCCCCCC(=O)OCc3ccccc3)CC2)C=C(c2ccccc2O)NN1. The number of unbranched alkanes of at least 4 members (excludes halogenated alkanes) is 4. The second-order valence-electron chi connectivity index (χ2n) is 9.91. The first-order valence-corrected chi connectivity index (χ1v) is 13.8. The lowest BCUT2D eigenvalue weighted by molar-refractivity contribution is -0.145. The minimum Gasteiger partial charge on any atom is -0.507 e. The van der Waals surface area contributed by atoms with Crippen LogP contribution in [0.5, 0.6) is 5.75 Å². The van der Waals surface area contributed by atoms with Gasteiger partial charge in [-0.2, -0.15) is 0 Å². The summed E-state index contributed by atoms with van der Waals surface area (Å²) in [7, 11) is 0. The lowest BCUT2D eigenvalue weighted by Gasteiger charge is -2.38. The average Bonchev–Trinajstić information content (AvgIpc) is 2.97. The van der Waals surface area contributed by atoms with Crippen LogP contribution < -0.4 is 16.6 Å². The minimum atomic E-state index is -0.157. The second-order valence-corrected chi connectivity index (χ2v) is 9.91. The Morgan fingerprint density at radius 2 is 1.51 bits per heavy atom. The molecule has 1 fully saturated rings. The normalized spacial score (nSPS) is 15.3. The van der Waals surface area contributed by atoms with Crippen LogP contribution in [0.25, 0.3) is 5.70 Å². The zero-order valence-electron chi connectivity index (χ0n) is 22.4. The number of piperazine rings is 1. The summed E-state index contributed by atoms with van der Waals surface area (Å²) >= 11 is 0. The zero-order valence-corrected chi connectivity index (χ0v) is 22.4. The number of nitrogens with zero attached hydrogens (tertiary/aromatic N) is 2. The molecule has 2 heterocycles. The number of amides is 1. The molecule has 0 unspecified atom stereocenters. The summed E-state index contributed by atoms with van der Waals surface area (Å²) in [6.45, 7) is 3.00. The van der Waals surface area contributed by atoms with Crippen LogP contribution >= 0.6 is 0 Å². The Kier molecular flexibility index (Phi) is 10.1. The smallest absolute Gasteiger partial charge is 0.306 e. The first-order valence-electron chi connectivity index (χ1n) is 13.8. The van der Waals surface area contributed by atoms with E-state index in [1.807, 2.05) is 53.4 Å². The fourth-order valence-electron chi connectivity index (χ4n) is 4.80. The molecular weight excluding hydrogens is 494 g/mol. The van der Waals surface area contributed by atoms with E-state index in [0.717, 1.165) is 49.1 Å². The molecule has 208 valence electrons. The van der Waals surface area contributed by atoms with Gasteiger partial charge in [-0.25, -0.2) is 0 Å². The molecular formula is C30H39N5O4. The third-order valence-electron chi connectivity index (χ3n) is 7.07. The third kappa shape index (κ3) is 8.17. The fraction of sp³-hybridized carbons (Fsp3) is 0.400. The number of aromatic hydroxyl groups is 1. The van der Waals surface area contributed by atoms with E-state index in [4.69, 9.17) is 10.5 Å². The van der Waals surface area contributed by atoms with Crippen LogP contribution in [0.1, 0.15) is 56.1 Å². The molecule has 1 amide bonds. The van der Waals surface area contributed by atoms with E-state index in [1.165, 1.54) is 0 Å². The highest BCUT2D eigenvalue weighted by Crippen LogP contribution is 2.27. The van der Waals surface area contributed by atoms with Crippen molar-refractivity contribution < 1.29 is 19.4 Å². The van der Waals surface area contributed by atoms with Crippen molar-refractivity contribution in [1.82, 2.24) is 20.7 Å². The number of hydrogen-bond acceptors (Lipinski definition) is 8. The van der Waals surface area contributed by atoms with Gasteiger partial charge in [0.15, 0.2) is 0 Å². The van der Waals surface area contributed by atoms with Gasteiger partial charge in [-0.1, -0.05) is 61.7 Å². The monoisotopic (exact) mass is 533 g/mol.